The third-order valence-electron chi connectivity index (χ3n) is 1.38. The van der Waals surface area contributed by atoms with Gasteiger partial charge in [-0.25, -0.2) is 4.90 Å². The van der Waals surface area contributed by atoms with E-state index in [2.05, 4.69) is 6.58 Å². The molecule has 0 radical (unpaired) electrons. The molecule has 3 amide bonds. The van der Waals surface area contributed by atoms with Gasteiger partial charge in [0.25, 0.3) is 17.7 Å². The van der Waals surface area contributed by atoms with Gasteiger partial charge in [-0.15, -0.1) is 0 Å². The molecule has 1 heterocycles. The van der Waals surface area contributed by atoms with Gasteiger partial charge >= 0.3 is 0 Å². The Labute approximate surface area is 69.2 Å². The van der Waals surface area contributed by atoms with Crippen LogP contribution in [0.2, 0.25) is 0 Å². The van der Waals surface area contributed by atoms with Crippen LogP contribution < -0.4 is 0 Å². The highest BCUT2D eigenvalue weighted by molar-refractivity contribution is 6.25. The van der Waals surface area contributed by atoms with E-state index in [-0.39, 0.29) is 5.57 Å². The van der Waals surface area contributed by atoms with Gasteiger partial charge in [-0.2, -0.15) is 0 Å². The van der Waals surface area contributed by atoms with Crippen LogP contribution in [0.4, 0.5) is 0 Å². The van der Waals surface area contributed by atoms with Crippen LogP contribution in [0.5, 0.6) is 0 Å². The first-order chi connectivity index (χ1) is 5.54. The summed E-state index contributed by atoms with van der Waals surface area (Å²) >= 11 is 0. The fourth-order valence-corrected chi connectivity index (χ4v) is 0.791. The largest absolute Gasteiger partial charge is 0.269 e. The third kappa shape index (κ3) is 1.18. The van der Waals surface area contributed by atoms with Crippen LogP contribution in [0.15, 0.2) is 24.3 Å². The quantitative estimate of drug-likeness (QED) is 0.406. The maximum atomic E-state index is 11.1. The van der Waals surface area contributed by atoms with Gasteiger partial charge in [-0.05, 0) is 6.92 Å². The van der Waals surface area contributed by atoms with Crippen LogP contribution in [-0.2, 0) is 14.4 Å². The summed E-state index contributed by atoms with van der Waals surface area (Å²) in [5.41, 5.74) is 0.167. The maximum absolute atomic E-state index is 11.1. The smallest absolute Gasteiger partial charge is 0.262 e. The minimum atomic E-state index is -0.644. The van der Waals surface area contributed by atoms with Crippen molar-refractivity contribution < 1.29 is 14.4 Å². The molecule has 0 aromatic heterocycles. The second-order valence-corrected chi connectivity index (χ2v) is 2.43. The molecular weight excluding hydrogens is 158 g/mol. The first kappa shape index (κ1) is 8.39. The predicted octanol–water partition coefficient (Wildman–Crippen LogP) is 0.0141. The Hall–Kier alpha value is -1.71. The van der Waals surface area contributed by atoms with E-state index in [1.165, 1.54) is 6.92 Å². The van der Waals surface area contributed by atoms with Gasteiger partial charge in [0.2, 0.25) is 0 Å². The van der Waals surface area contributed by atoms with E-state index < -0.39 is 17.7 Å². The highest BCUT2D eigenvalue weighted by Crippen LogP contribution is 2.07. The Balaban J connectivity index is 2.91. The molecule has 0 unspecified atom stereocenters. The van der Waals surface area contributed by atoms with Crippen LogP contribution in [0.1, 0.15) is 6.92 Å². The number of amides is 3. The summed E-state index contributed by atoms with van der Waals surface area (Å²) in [6.45, 7) is 4.79. The SMILES string of the molecule is C=C(C)C(=O)N1C(=O)C=CC1=O. The van der Waals surface area contributed by atoms with Crippen molar-refractivity contribution in [1.82, 2.24) is 4.90 Å². The lowest BCUT2D eigenvalue weighted by atomic mass is 10.3. The van der Waals surface area contributed by atoms with E-state index in [0.29, 0.717) is 4.90 Å². The Bertz CT molecular complexity index is 296. The molecule has 0 spiro atoms. The molecule has 4 nitrogen and oxygen atoms in total. The second kappa shape index (κ2) is 2.73. The summed E-state index contributed by atoms with van der Waals surface area (Å²) in [4.78, 5) is 33.4. The molecule has 0 N–H and O–H groups in total. The van der Waals surface area contributed by atoms with Crippen molar-refractivity contribution >= 4 is 17.7 Å². The number of hydrogen-bond acceptors (Lipinski definition) is 3. The minimum absolute atomic E-state index is 0.167. The lowest BCUT2D eigenvalue weighted by Gasteiger charge is -2.10. The Morgan fingerprint density at radius 1 is 1.33 bits per heavy atom. The van der Waals surface area contributed by atoms with E-state index in [4.69, 9.17) is 0 Å². The first-order valence-corrected chi connectivity index (χ1v) is 3.30. The van der Waals surface area contributed by atoms with Crippen molar-refractivity contribution in [2.75, 3.05) is 0 Å². The lowest BCUT2D eigenvalue weighted by molar-refractivity contribution is -0.146. The average Bonchev–Trinajstić information content (AvgIpc) is 2.30. The van der Waals surface area contributed by atoms with Gasteiger partial charge in [0.15, 0.2) is 0 Å². The number of carbonyl (C=O) groups is 3. The molecule has 1 rings (SSSR count). The molecule has 4 heteroatoms. The van der Waals surface area contributed by atoms with Crippen molar-refractivity contribution in [2.45, 2.75) is 6.92 Å². The van der Waals surface area contributed by atoms with E-state index in [1.807, 2.05) is 0 Å². The molecule has 0 saturated carbocycles. The van der Waals surface area contributed by atoms with Gasteiger partial charge in [-0.1, -0.05) is 6.58 Å². The van der Waals surface area contributed by atoms with E-state index in [1.54, 1.807) is 0 Å². The molecule has 1 aliphatic heterocycles. The number of carbonyl (C=O) groups excluding carboxylic acids is 3. The van der Waals surface area contributed by atoms with E-state index in [9.17, 15) is 14.4 Å². The molecule has 62 valence electrons. The number of hydrogen-bond donors (Lipinski definition) is 0. The summed E-state index contributed by atoms with van der Waals surface area (Å²) in [5.74, 6) is -1.85. The van der Waals surface area contributed by atoms with E-state index >= 15 is 0 Å². The molecule has 0 aromatic rings. The van der Waals surface area contributed by atoms with Crippen molar-refractivity contribution in [1.29, 1.82) is 0 Å². The minimum Gasteiger partial charge on any atom is -0.269 e. The zero-order chi connectivity index (χ0) is 9.30. The summed E-state index contributed by atoms with van der Waals surface area (Å²) in [7, 11) is 0. The van der Waals surface area contributed by atoms with Gasteiger partial charge in [-0.3, -0.25) is 14.4 Å². The lowest BCUT2D eigenvalue weighted by Crippen LogP contribution is -2.36. The topological polar surface area (TPSA) is 54.5 Å². The summed E-state index contributed by atoms with van der Waals surface area (Å²) in [5, 5.41) is 0. The average molecular weight is 165 g/mol. The molecular formula is C8H7NO3. The Kier molecular flexibility index (Phi) is 1.91. The van der Waals surface area contributed by atoms with Crippen LogP contribution in [-0.4, -0.2) is 22.6 Å². The predicted molar refractivity (Wildman–Crippen MR) is 40.8 cm³/mol. The number of nitrogens with zero attached hydrogens (tertiary/aromatic N) is 1. The summed E-state index contributed by atoms with van der Waals surface area (Å²) in [6.07, 6.45) is 2.12. The van der Waals surface area contributed by atoms with Gasteiger partial charge in [0.1, 0.15) is 0 Å². The van der Waals surface area contributed by atoms with Crippen LogP contribution in [0.3, 0.4) is 0 Å². The van der Waals surface area contributed by atoms with Gasteiger partial charge < -0.3 is 0 Å². The molecule has 0 bridgehead atoms. The van der Waals surface area contributed by atoms with Crippen LogP contribution >= 0.6 is 0 Å². The highest BCUT2D eigenvalue weighted by Gasteiger charge is 2.29. The first-order valence-electron chi connectivity index (χ1n) is 3.30. The van der Waals surface area contributed by atoms with E-state index in [0.717, 1.165) is 12.2 Å². The molecule has 1 aliphatic rings. The Morgan fingerprint density at radius 3 is 2.08 bits per heavy atom. The summed E-state index contributed by atoms with van der Waals surface area (Å²) in [6, 6.07) is 0. The number of rotatable bonds is 1. The summed E-state index contributed by atoms with van der Waals surface area (Å²) < 4.78 is 0. The van der Waals surface area contributed by atoms with Crippen molar-refractivity contribution in [3.05, 3.63) is 24.3 Å². The molecule has 0 saturated heterocycles. The zero-order valence-electron chi connectivity index (χ0n) is 6.53. The normalized spacial score (nSPS) is 15.6. The fraction of sp³-hybridized carbons (Fsp3) is 0.125. The Morgan fingerprint density at radius 2 is 1.75 bits per heavy atom. The molecule has 0 atom stereocenters. The second-order valence-electron chi connectivity index (χ2n) is 2.43. The molecule has 0 aliphatic carbocycles. The maximum Gasteiger partial charge on any atom is 0.262 e. The van der Waals surface area contributed by atoms with Crippen molar-refractivity contribution in [2.24, 2.45) is 0 Å². The van der Waals surface area contributed by atoms with Crippen LogP contribution in [0.25, 0.3) is 0 Å². The number of imide groups is 3. The monoisotopic (exact) mass is 165 g/mol. The van der Waals surface area contributed by atoms with Crippen LogP contribution in [0, 0.1) is 0 Å². The molecule has 12 heavy (non-hydrogen) atoms. The van der Waals surface area contributed by atoms with Crippen molar-refractivity contribution in [3.63, 3.8) is 0 Å². The standard InChI is InChI=1S/C8H7NO3/c1-5(2)8(12)9-6(10)3-4-7(9)11/h3-4H,1H2,2H3. The molecule has 0 fully saturated rings. The van der Waals surface area contributed by atoms with Gasteiger partial charge in [0, 0.05) is 17.7 Å². The molecule has 0 aromatic carbocycles. The fourth-order valence-electron chi connectivity index (χ4n) is 0.791. The highest BCUT2D eigenvalue weighted by atomic mass is 16.2. The zero-order valence-corrected chi connectivity index (χ0v) is 6.53. The third-order valence-corrected chi connectivity index (χ3v) is 1.38. The van der Waals surface area contributed by atoms with Crippen molar-refractivity contribution in [3.8, 4) is 0 Å². The van der Waals surface area contributed by atoms with Gasteiger partial charge in [0.05, 0.1) is 0 Å².